The lowest BCUT2D eigenvalue weighted by atomic mass is 9.89. The Morgan fingerprint density at radius 3 is 2.69 bits per heavy atom. The Morgan fingerprint density at radius 1 is 1.08 bits per heavy atom. The lowest BCUT2D eigenvalue weighted by Gasteiger charge is -2.36. The first-order valence-electron chi connectivity index (χ1n) is 12.9. The fourth-order valence-corrected chi connectivity index (χ4v) is 5.89. The lowest BCUT2D eigenvalue weighted by Crippen LogP contribution is -2.44. The highest BCUT2D eigenvalue weighted by atomic mass is 35.5. The van der Waals surface area contributed by atoms with Crippen LogP contribution in [0.25, 0.3) is 10.9 Å². The van der Waals surface area contributed by atoms with E-state index in [2.05, 4.69) is 10.3 Å². The number of amides is 4. The number of aromatic nitrogens is 1. The van der Waals surface area contributed by atoms with Crippen molar-refractivity contribution in [3.05, 3.63) is 100 Å². The second-order valence-electron chi connectivity index (χ2n) is 9.72. The number of ether oxygens (including phenoxy) is 1. The van der Waals surface area contributed by atoms with Gasteiger partial charge in [0.2, 0.25) is 0 Å². The van der Waals surface area contributed by atoms with Crippen molar-refractivity contribution in [3.63, 3.8) is 0 Å². The van der Waals surface area contributed by atoms with Crippen LogP contribution in [0, 0.1) is 0 Å². The van der Waals surface area contributed by atoms with Gasteiger partial charge in [-0.2, -0.15) is 0 Å². The minimum absolute atomic E-state index is 0.264. The van der Waals surface area contributed by atoms with Crippen molar-refractivity contribution >= 4 is 46.0 Å². The summed E-state index contributed by atoms with van der Waals surface area (Å²) < 4.78 is 5.05. The van der Waals surface area contributed by atoms with Gasteiger partial charge in [0.15, 0.2) is 0 Å². The molecule has 3 aromatic carbocycles. The van der Waals surface area contributed by atoms with Crippen LogP contribution >= 0.6 is 11.6 Å². The molecule has 2 aliphatic rings. The molecule has 2 atom stereocenters. The number of anilines is 1. The molecule has 8 nitrogen and oxygen atoms in total. The summed E-state index contributed by atoms with van der Waals surface area (Å²) in [6.45, 7) is 0.928. The molecule has 39 heavy (non-hydrogen) atoms. The number of para-hydroxylation sites is 2. The van der Waals surface area contributed by atoms with Crippen LogP contribution in [0.4, 0.5) is 10.5 Å². The van der Waals surface area contributed by atoms with E-state index in [9.17, 15) is 14.4 Å². The summed E-state index contributed by atoms with van der Waals surface area (Å²) in [6.07, 6.45) is 1.01. The minimum Gasteiger partial charge on any atom is -0.385 e. The highest BCUT2D eigenvalue weighted by Gasteiger charge is 2.53. The molecule has 0 aliphatic carbocycles. The molecule has 6 rings (SSSR count). The van der Waals surface area contributed by atoms with E-state index in [1.807, 2.05) is 42.5 Å². The number of nitrogens with zero attached hydrogens (tertiary/aromatic N) is 2. The summed E-state index contributed by atoms with van der Waals surface area (Å²) >= 11 is 6.38. The summed E-state index contributed by atoms with van der Waals surface area (Å²) in [7, 11) is 1.60. The summed E-state index contributed by atoms with van der Waals surface area (Å²) in [5.74, 6) is -0.711. The summed E-state index contributed by atoms with van der Waals surface area (Å²) in [6, 6.07) is 20.2. The summed E-state index contributed by atoms with van der Waals surface area (Å²) in [5.41, 5.74) is 4.14. The predicted molar refractivity (Wildman–Crippen MR) is 149 cm³/mol. The number of nitrogens with one attached hydrogen (secondary N) is 2. The van der Waals surface area contributed by atoms with Gasteiger partial charge in [-0.15, -0.1) is 0 Å². The number of imide groups is 1. The van der Waals surface area contributed by atoms with Gasteiger partial charge in [-0.05, 0) is 47.9 Å². The number of hydrogen-bond acceptors (Lipinski definition) is 4. The van der Waals surface area contributed by atoms with E-state index < -0.39 is 18.1 Å². The number of carbonyl (C=O) groups excluding carboxylic acids is 3. The predicted octanol–water partition coefficient (Wildman–Crippen LogP) is 5.07. The number of benzene rings is 3. The van der Waals surface area contributed by atoms with E-state index in [1.165, 1.54) is 0 Å². The number of aromatic amines is 1. The zero-order chi connectivity index (χ0) is 27.1. The Balaban J connectivity index is 1.43. The van der Waals surface area contributed by atoms with Crippen molar-refractivity contribution in [2.75, 3.05) is 25.2 Å². The number of rotatable bonds is 7. The third-order valence-corrected chi connectivity index (χ3v) is 7.65. The maximum absolute atomic E-state index is 14.2. The zero-order valence-electron chi connectivity index (χ0n) is 21.3. The molecule has 1 saturated heterocycles. The van der Waals surface area contributed by atoms with Crippen LogP contribution in [0.1, 0.15) is 39.6 Å². The van der Waals surface area contributed by atoms with Gasteiger partial charge in [0.1, 0.15) is 12.1 Å². The number of carbonyl (C=O) groups is 3. The number of hydrogen-bond donors (Lipinski definition) is 2. The molecular formula is C30H27ClN4O4. The van der Waals surface area contributed by atoms with Gasteiger partial charge in [-0.25, -0.2) is 9.69 Å². The maximum atomic E-state index is 14.2. The molecule has 9 heteroatoms. The smallest absolute Gasteiger partial charge is 0.332 e. The van der Waals surface area contributed by atoms with Gasteiger partial charge in [-0.1, -0.05) is 54.1 Å². The first-order valence-corrected chi connectivity index (χ1v) is 13.2. The third-order valence-electron chi connectivity index (χ3n) is 7.41. The van der Waals surface area contributed by atoms with Gasteiger partial charge in [0, 0.05) is 48.3 Å². The molecule has 4 aromatic rings. The van der Waals surface area contributed by atoms with E-state index in [0.29, 0.717) is 31.0 Å². The zero-order valence-corrected chi connectivity index (χ0v) is 22.1. The molecule has 0 saturated carbocycles. The Labute approximate surface area is 230 Å². The van der Waals surface area contributed by atoms with Crippen molar-refractivity contribution in [2.24, 2.45) is 0 Å². The minimum atomic E-state index is -0.731. The molecule has 198 valence electrons. The van der Waals surface area contributed by atoms with Crippen molar-refractivity contribution < 1.29 is 19.1 Å². The van der Waals surface area contributed by atoms with Gasteiger partial charge in [-0.3, -0.25) is 14.5 Å². The number of H-pyrrole nitrogens is 1. The van der Waals surface area contributed by atoms with E-state index in [-0.39, 0.29) is 23.1 Å². The topological polar surface area (TPSA) is 94.7 Å². The van der Waals surface area contributed by atoms with E-state index in [0.717, 1.165) is 32.6 Å². The van der Waals surface area contributed by atoms with Crippen LogP contribution in [0.5, 0.6) is 0 Å². The Morgan fingerprint density at radius 2 is 1.87 bits per heavy atom. The second-order valence-corrected chi connectivity index (χ2v) is 10.2. The van der Waals surface area contributed by atoms with Crippen LogP contribution in [-0.2, 0) is 16.0 Å². The maximum Gasteiger partial charge on any atom is 0.332 e. The summed E-state index contributed by atoms with van der Waals surface area (Å²) in [4.78, 5) is 47.5. The highest BCUT2D eigenvalue weighted by Crippen LogP contribution is 2.45. The van der Waals surface area contributed by atoms with Crippen LogP contribution < -0.4 is 10.2 Å². The first kappa shape index (κ1) is 25.2. The van der Waals surface area contributed by atoms with Gasteiger partial charge in [0.05, 0.1) is 11.3 Å². The third kappa shape index (κ3) is 4.26. The SMILES string of the molecule is COCCCNC(=O)c1ccccc1N1C(=O)[C@@H]2Cc3c([nH]c4ccccc34)C(c3cccc(Cl)c3)N2C1=O. The Hall–Kier alpha value is -4.14. The molecule has 2 N–H and O–H groups in total. The molecule has 2 aliphatic heterocycles. The van der Waals surface area contributed by atoms with Crippen LogP contribution in [0.3, 0.4) is 0 Å². The van der Waals surface area contributed by atoms with E-state index in [4.69, 9.17) is 16.3 Å². The largest absolute Gasteiger partial charge is 0.385 e. The molecular weight excluding hydrogens is 516 g/mol. The average Bonchev–Trinajstić information content (AvgIpc) is 3.44. The molecule has 0 spiro atoms. The molecule has 0 bridgehead atoms. The van der Waals surface area contributed by atoms with Crippen molar-refractivity contribution in [1.29, 1.82) is 0 Å². The summed E-state index contributed by atoms with van der Waals surface area (Å²) in [5, 5.41) is 4.42. The van der Waals surface area contributed by atoms with Gasteiger partial charge >= 0.3 is 6.03 Å². The second kappa shape index (κ2) is 10.2. The molecule has 1 unspecified atom stereocenters. The molecule has 0 radical (unpaired) electrons. The lowest BCUT2D eigenvalue weighted by molar-refractivity contribution is -0.120. The van der Waals surface area contributed by atoms with Crippen LogP contribution in [0.15, 0.2) is 72.8 Å². The van der Waals surface area contributed by atoms with Crippen LogP contribution in [-0.4, -0.2) is 54.0 Å². The van der Waals surface area contributed by atoms with Crippen molar-refractivity contribution in [1.82, 2.24) is 15.2 Å². The molecule has 1 aromatic heterocycles. The molecule has 3 heterocycles. The van der Waals surface area contributed by atoms with Crippen molar-refractivity contribution in [2.45, 2.75) is 24.9 Å². The van der Waals surface area contributed by atoms with Crippen molar-refractivity contribution in [3.8, 4) is 0 Å². The monoisotopic (exact) mass is 542 g/mol. The quantitative estimate of drug-likeness (QED) is 0.252. The molecule has 1 fully saturated rings. The Kier molecular flexibility index (Phi) is 6.58. The number of fused-ring (bicyclic) bond motifs is 4. The fraction of sp³-hybridized carbons (Fsp3) is 0.233. The van der Waals surface area contributed by atoms with E-state index >= 15 is 0 Å². The van der Waals surface area contributed by atoms with E-state index in [1.54, 1.807) is 42.3 Å². The fourth-order valence-electron chi connectivity index (χ4n) is 5.69. The number of urea groups is 1. The van der Waals surface area contributed by atoms with Gasteiger partial charge in [0.25, 0.3) is 11.8 Å². The number of halogens is 1. The number of methoxy groups -OCH3 is 1. The first-order chi connectivity index (χ1) is 19.0. The standard InChI is InChI=1S/C30H27ClN4O4/c1-39-15-7-14-32-28(36)21-11-3-5-13-24(21)35-29(37)25-17-22-20-10-2-4-12-23(20)33-26(22)27(34(25)30(35)38)18-8-6-9-19(31)16-18/h2-6,8-13,16,25,27,33H,7,14-15,17H2,1H3,(H,32,36)/t25-,27?/m0/s1. The normalized spacial score (nSPS) is 18.4. The Bertz CT molecular complexity index is 1600. The highest BCUT2D eigenvalue weighted by molar-refractivity contribution is 6.30. The molecule has 4 amide bonds. The average molecular weight is 543 g/mol. The van der Waals surface area contributed by atoms with Gasteiger partial charge < -0.3 is 15.0 Å². The van der Waals surface area contributed by atoms with Crippen LogP contribution in [0.2, 0.25) is 5.02 Å².